The highest BCUT2D eigenvalue weighted by molar-refractivity contribution is 5.94. The molecule has 82 valence electrons. The minimum absolute atomic E-state index is 0.0580. The summed E-state index contributed by atoms with van der Waals surface area (Å²) in [6.07, 6.45) is 1.53. The maximum absolute atomic E-state index is 11.7. The standard InChI is InChI=1S/C9H13N3O3/c1-6(13)12-5-8(14)11-4-2-3-7(11)9(15)10-12/h7H,2-5H2,1H3,(H,10,15)/t7-/m0/s1. The van der Waals surface area contributed by atoms with E-state index >= 15 is 0 Å². The van der Waals surface area contributed by atoms with Gasteiger partial charge in [0.25, 0.3) is 5.91 Å². The van der Waals surface area contributed by atoms with Crippen molar-refractivity contribution < 1.29 is 14.4 Å². The van der Waals surface area contributed by atoms with Crippen LogP contribution in [0, 0.1) is 0 Å². The van der Waals surface area contributed by atoms with Crippen molar-refractivity contribution in [1.29, 1.82) is 0 Å². The van der Waals surface area contributed by atoms with E-state index in [0.29, 0.717) is 13.0 Å². The summed E-state index contributed by atoms with van der Waals surface area (Å²) in [5, 5.41) is 1.07. The van der Waals surface area contributed by atoms with Gasteiger partial charge in [0.2, 0.25) is 11.8 Å². The van der Waals surface area contributed by atoms with Crippen molar-refractivity contribution in [2.75, 3.05) is 13.1 Å². The molecule has 0 radical (unpaired) electrons. The van der Waals surface area contributed by atoms with Crippen LogP contribution in [0.5, 0.6) is 0 Å². The Labute approximate surface area is 87.2 Å². The topological polar surface area (TPSA) is 69.7 Å². The summed E-state index contributed by atoms with van der Waals surface area (Å²) in [6, 6.07) is -0.387. The van der Waals surface area contributed by atoms with Gasteiger partial charge in [-0.25, -0.2) is 5.01 Å². The van der Waals surface area contributed by atoms with E-state index in [1.807, 2.05) is 0 Å². The minimum Gasteiger partial charge on any atom is -0.329 e. The van der Waals surface area contributed by atoms with E-state index in [4.69, 9.17) is 0 Å². The summed E-state index contributed by atoms with van der Waals surface area (Å²) in [7, 11) is 0. The van der Waals surface area contributed by atoms with Gasteiger partial charge in [-0.15, -0.1) is 0 Å². The molecule has 0 saturated carbocycles. The molecule has 3 amide bonds. The molecule has 2 fully saturated rings. The lowest BCUT2D eigenvalue weighted by Gasteiger charge is -2.18. The fraction of sp³-hybridized carbons (Fsp3) is 0.667. The predicted octanol–water partition coefficient (Wildman–Crippen LogP) is -1.13. The maximum Gasteiger partial charge on any atom is 0.261 e. The zero-order chi connectivity index (χ0) is 11.0. The average molecular weight is 211 g/mol. The number of carbonyl (C=O) groups is 3. The first-order valence-corrected chi connectivity index (χ1v) is 4.97. The second-order valence-corrected chi connectivity index (χ2v) is 3.83. The van der Waals surface area contributed by atoms with Gasteiger partial charge in [-0.3, -0.25) is 19.8 Å². The van der Waals surface area contributed by atoms with Crippen LogP contribution < -0.4 is 5.43 Å². The number of rotatable bonds is 0. The lowest BCUT2D eigenvalue weighted by atomic mass is 10.2. The van der Waals surface area contributed by atoms with Gasteiger partial charge < -0.3 is 4.90 Å². The van der Waals surface area contributed by atoms with E-state index in [9.17, 15) is 14.4 Å². The zero-order valence-electron chi connectivity index (χ0n) is 8.52. The number of hydrogen-bond acceptors (Lipinski definition) is 3. The molecule has 1 atom stereocenters. The second-order valence-electron chi connectivity index (χ2n) is 3.83. The van der Waals surface area contributed by atoms with Gasteiger partial charge in [-0.05, 0) is 12.8 Å². The third kappa shape index (κ3) is 1.67. The Morgan fingerprint density at radius 1 is 1.47 bits per heavy atom. The molecule has 2 aliphatic rings. The summed E-state index contributed by atoms with van der Waals surface area (Å²) in [6.45, 7) is 1.88. The number of nitrogens with one attached hydrogen (secondary N) is 1. The van der Waals surface area contributed by atoms with E-state index in [-0.39, 0.29) is 30.3 Å². The van der Waals surface area contributed by atoms with Gasteiger partial charge in [0, 0.05) is 13.5 Å². The molecule has 2 heterocycles. The van der Waals surface area contributed by atoms with Crippen molar-refractivity contribution in [3.05, 3.63) is 0 Å². The Bertz CT molecular complexity index is 305. The van der Waals surface area contributed by atoms with Crippen LogP contribution in [0.3, 0.4) is 0 Å². The summed E-state index contributed by atoms with van der Waals surface area (Å²) in [4.78, 5) is 36.0. The predicted molar refractivity (Wildman–Crippen MR) is 50.3 cm³/mol. The fourth-order valence-electron chi connectivity index (χ4n) is 2.00. The summed E-state index contributed by atoms with van der Waals surface area (Å²) in [5.41, 5.74) is 2.46. The molecular formula is C9H13N3O3. The van der Waals surface area contributed by atoms with Crippen LogP contribution in [0.2, 0.25) is 0 Å². The molecule has 0 aromatic heterocycles. The number of hydrogen-bond donors (Lipinski definition) is 1. The average Bonchev–Trinajstić information content (AvgIpc) is 2.60. The molecule has 2 rings (SSSR count). The summed E-state index contributed by atoms with van der Waals surface area (Å²) in [5.74, 6) is -0.738. The first kappa shape index (κ1) is 9.95. The van der Waals surface area contributed by atoms with Crippen LogP contribution in [0.25, 0.3) is 0 Å². The molecular weight excluding hydrogens is 198 g/mol. The van der Waals surface area contributed by atoms with E-state index < -0.39 is 0 Å². The highest BCUT2D eigenvalue weighted by Crippen LogP contribution is 2.19. The monoisotopic (exact) mass is 211 g/mol. The van der Waals surface area contributed by atoms with Crippen LogP contribution >= 0.6 is 0 Å². The van der Waals surface area contributed by atoms with E-state index in [1.54, 1.807) is 4.90 Å². The molecule has 0 unspecified atom stereocenters. The Morgan fingerprint density at radius 2 is 2.20 bits per heavy atom. The Balaban J connectivity index is 2.21. The lowest BCUT2D eigenvalue weighted by molar-refractivity contribution is -0.141. The molecule has 6 heteroatoms. The largest absolute Gasteiger partial charge is 0.329 e. The van der Waals surface area contributed by atoms with Gasteiger partial charge in [0.05, 0.1) is 0 Å². The highest BCUT2D eigenvalue weighted by atomic mass is 16.2. The van der Waals surface area contributed by atoms with Crippen molar-refractivity contribution in [3.63, 3.8) is 0 Å². The van der Waals surface area contributed by atoms with Crippen molar-refractivity contribution in [2.45, 2.75) is 25.8 Å². The summed E-state index contributed by atoms with van der Waals surface area (Å²) >= 11 is 0. The van der Waals surface area contributed by atoms with Gasteiger partial charge >= 0.3 is 0 Å². The number of nitrogens with zero attached hydrogens (tertiary/aromatic N) is 2. The van der Waals surface area contributed by atoms with Gasteiger partial charge in [-0.2, -0.15) is 0 Å². The van der Waals surface area contributed by atoms with E-state index in [2.05, 4.69) is 5.43 Å². The Morgan fingerprint density at radius 3 is 2.87 bits per heavy atom. The zero-order valence-corrected chi connectivity index (χ0v) is 8.52. The van der Waals surface area contributed by atoms with E-state index in [1.165, 1.54) is 6.92 Å². The third-order valence-electron chi connectivity index (χ3n) is 2.79. The third-order valence-corrected chi connectivity index (χ3v) is 2.79. The van der Waals surface area contributed by atoms with Crippen molar-refractivity contribution >= 4 is 17.7 Å². The first-order valence-electron chi connectivity index (χ1n) is 4.97. The molecule has 2 aliphatic heterocycles. The normalized spacial score (nSPS) is 26.1. The number of amides is 3. The van der Waals surface area contributed by atoms with Gasteiger partial charge in [0.1, 0.15) is 12.6 Å². The highest BCUT2D eigenvalue weighted by Gasteiger charge is 2.38. The maximum atomic E-state index is 11.7. The molecule has 0 aliphatic carbocycles. The smallest absolute Gasteiger partial charge is 0.261 e. The van der Waals surface area contributed by atoms with Crippen LogP contribution in [0.1, 0.15) is 19.8 Å². The molecule has 2 saturated heterocycles. The fourth-order valence-corrected chi connectivity index (χ4v) is 2.00. The number of fused-ring (bicyclic) bond motifs is 1. The molecule has 1 N–H and O–H groups in total. The van der Waals surface area contributed by atoms with Crippen LogP contribution in [0.15, 0.2) is 0 Å². The number of hydrazine groups is 1. The molecule has 0 bridgehead atoms. The Kier molecular flexibility index (Phi) is 2.34. The quantitative estimate of drug-likeness (QED) is 0.551. The second kappa shape index (κ2) is 3.52. The van der Waals surface area contributed by atoms with Crippen molar-refractivity contribution in [2.24, 2.45) is 0 Å². The van der Waals surface area contributed by atoms with Crippen LogP contribution in [0.4, 0.5) is 0 Å². The molecule has 0 aromatic rings. The molecule has 15 heavy (non-hydrogen) atoms. The molecule has 0 spiro atoms. The van der Waals surface area contributed by atoms with Crippen molar-refractivity contribution in [1.82, 2.24) is 15.3 Å². The first-order chi connectivity index (χ1) is 7.09. The van der Waals surface area contributed by atoms with E-state index in [0.717, 1.165) is 11.4 Å². The SMILES string of the molecule is CC(=O)N1CC(=O)N2CCC[C@H]2C(=O)N1. The molecule has 6 nitrogen and oxygen atoms in total. The minimum atomic E-state index is -0.387. The van der Waals surface area contributed by atoms with Gasteiger partial charge in [0.15, 0.2) is 0 Å². The van der Waals surface area contributed by atoms with Crippen LogP contribution in [-0.2, 0) is 14.4 Å². The lowest BCUT2D eigenvalue weighted by Crippen LogP contribution is -2.47. The number of carbonyl (C=O) groups excluding carboxylic acids is 3. The summed E-state index contributed by atoms with van der Waals surface area (Å²) < 4.78 is 0. The Hall–Kier alpha value is -1.59. The van der Waals surface area contributed by atoms with Crippen molar-refractivity contribution in [3.8, 4) is 0 Å². The molecule has 0 aromatic carbocycles. The van der Waals surface area contributed by atoms with Gasteiger partial charge in [-0.1, -0.05) is 0 Å². The van der Waals surface area contributed by atoms with Crippen LogP contribution in [-0.4, -0.2) is 46.8 Å².